The molecule has 30 heavy (non-hydrogen) atoms. The fourth-order valence-corrected chi connectivity index (χ4v) is 4.36. The highest BCUT2D eigenvalue weighted by atomic mass is 32.1. The number of nitrogens with zero attached hydrogens (tertiary/aromatic N) is 2. The van der Waals surface area contributed by atoms with Gasteiger partial charge in [0, 0.05) is 12.3 Å². The average Bonchev–Trinajstić information content (AvgIpc) is 3.17. The summed E-state index contributed by atoms with van der Waals surface area (Å²) in [4.78, 5) is 29.6. The molecule has 0 unspecified atom stereocenters. The lowest BCUT2D eigenvalue weighted by atomic mass is 10.0. The third-order valence-corrected chi connectivity index (χ3v) is 5.93. The Morgan fingerprint density at radius 1 is 0.933 bits per heavy atom. The van der Waals surface area contributed by atoms with E-state index in [4.69, 9.17) is 0 Å². The number of para-hydroxylation sites is 1. The number of amides is 1. The largest absolute Gasteiger partial charge is 0.310 e. The van der Waals surface area contributed by atoms with Gasteiger partial charge in [0.2, 0.25) is 0 Å². The first kappa shape index (κ1) is 18.3. The summed E-state index contributed by atoms with van der Waals surface area (Å²) in [6, 6.07) is 24.8. The van der Waals surface area contributed by atoms with E-state index in [1.165, 1.54) is 17.4 Å². The van der Waals surface area contributed by atoms with Crippen LogP contribution in [0.4, 0.5) is 5.13 Å². The van der Waals surface area contributed by atoms with Gasteiger partial charge < -0.3 is 4.57 Å². The number of carbonyl (C=O) groups excluding carboxylic acids is 1. The summed E-state index contributed by atoms with van der Waals surface area (Å²) in [5.41, 5.74) is 2.13. The minimum Gasteiger partial charge on any atom is -0.310 e. The number of rotatable bonds is 4. The van der Waals surface area contributed by atoms with E-state index < -0.39 is 0 Å². The van der Waals surface area contributed by atoms with Crippen molar-refractivity contribution < 1.29 is 4.79 Å². The zero-order valence-corrected chi connectivity index (χ0v) is 16.7. The number of aromatic nitrogens is 2. The van der Waals surface area contributed by atoms with Crippen molar-refractivity contribution in [2.45, 2.75) is 6.54 Å². The normalized spacial score (nSPS) is 11.1. The van der Waals surface area contributed by atoms with Gasteiger partial charge in [-0.1, -0.05) is 65.9 Å². The van der Waals surface area contributed by atoms with Crippen LogP contribution in [0.15, 0.2) is 89.9 Å². The zero-order valence-electron chi connectivity index (χ0n) is 15.9. The molecule has 1 N–H and O–H groups in total. The van der Waals surface area contributed by atoms with Gasteiger partial charge in [-0.05, 0) is 34.5 Å². The number of hydrogen-bond donors (Lipinski definition) is 1. The fraction of sp³-hybridized carbons (Fsp3) is 0.0417. The molecule has 0 bridgehead atoms. The number of hydrogen-bond acceptors (Lipinski definition) is 4. The van der Waals surface area contributed by atoms with E-state index in [1.807, 2.05) is 66.7 Å². The number of thiazole rings is 1. The molecule has 5 aromatic rings. The molecule has 0 aliphatic carbocycles. The number of pyridine rings is 1. The van der Waals surface area contributed by atoms with Gasteiger partial charge in [-0.3, -0.25) is 14.9 Å². The van der Waals surface area contributed by atoms with E-state index in [9.17, 15) is 9.59 Å². The van der Waals surface area contributed by atoms with Gasteiger partial charge in [0.05, 0.1) is 22.3 Å². The van der Waals surface area contributed by atoms with E-state index in [2.05, 4.69) is 10.3 Å². The molecule has 0 radical (unpaired) electrons. The zero-order chi connectivity index (χ0) is 20.5. The van der Waals surface area contributed by atoms with Crippen LogP contribution in [0.2, 0.25) is 0 Å². The van der Waals surface area contributed by atoms with Crippen molar-refractivity contribution in [3.8, 4) is 0 Å². The van der Waals surface area contributed by atoms with Crippen molar-refractivity contribution in [1.29, 1.82) is 0 Å². The predicted molar refractivity (Wildman–Crippen MR) is 121 cm³/mol. The molecular weight excluding hydrogens is 394 g/mol. The Bertz CT molecular complexity index is 1410. The van der Waals surface area contributed by atoms with Crippen LogP contribution >= 0.6 is 11.3 Å². The number of anilines is 1. The van der Waals surface area contributed by atoms with E-state index in [1.54, 1.807) is 16.8 Å². The van der Waals surface area contributed by atoms with Gasteiger partial charge in [-0.15, -0.1) is 0 Å². The van der Waals surface area contributed by atoms with Crippen LogP contribution in [0.3, 0.4) is 0 Å². The van der Waals surface area contributed by atoms with Gasteiger partial charge >= 0.3 is 0 Å². The summed E-state index contributed by atoms with van der Waals surface area (Å²) >= 11 is 1.42. The standard InChI is InChI=1S/C24H17N3O2S/c28-22-13-12-18(23(29)26-24-25-20-10-3-4-11-21(20)30-24)15-27(22)14-17-8-5-7-16-6-1-2-9-19(16)17/h1-13,15H,14H2,(H,25,26,29). The molecule has 2 aromatic heterocycles. The number of nitrogens with one attached hydrogen (secondary N) is 1. The van der Waals surface area contributed by atoms with Gasteiger partial charge in [0.15, 0.2) is 5.13 Å². The van der Waals surface area contributed by atoms with Crippen molar-refractivity contribution >= 4 is 43.4 Å². The second-order valence-corrected chi connectivity index (χ2v) is 7.99. The summed E-state index contributed by atoms with van der Waals surface area (Å²) in [6.07, 6.45) is 1.60. The molecule has 0 aliphatic heterocycles. The van der Waals surface area contributed by atoms with E-state index in [0.29, 0.717) is 17.2 Å². The highest BCUT2D eigenvalue weighted by Crippen LogP contribution is 2.25. The van der Waals surface area contributed by atoms with Crippen molar-refractivity contribution in [3.05, 3.63) is 107 Å². The Labute approximate surface area is 176 Å². The quantitative estimate of drug-likeness (QED) is 0.457. The lowest BCUT2D eigenvalue weighted by Crippen LogP contribution is -2.22. The Hall–Kier alpha value is -3.77. The lowest BCUT2D eigenvalue weighted by molar-refractivity contribution is 0.102. The molecule has 0 spiro atoms. The summed E-state index contributed by atoms with van der Waals surface area (Å²) in [5, 5.41) is 5.59. The molecule has 3 aromatic carbocycles. The lowest BCUT2D eigenvalue weighted by Gasteiger charge is -2.10. The Balaban J connectivity index is 1.44. The molecule has 5 rings (SSSR count). The van der Waals surface area contributed by atoms with Gasteiger partial charge in [0.25, 0.3) is 11.5 Å². The number of fused-ring (bicyclic) bond motifs is 2. The van der Waals surface area contributed by atoms with Crippen LogP contribution in [0.25, 0.3) is 21.0 Å². The maximum absolute atomic E-state index is 12.8. The van der Waals surface area contributed by atoms with Crippen molar-refractivity contribution in [2.24, 2.45) is 0 Å². The van der Waals surface area contributed by atoms with Crippen LogP contribution in [0, 0.1) is 0 Å². The molecule has 5 nitrogen and oxygen atoms in total. The van der Waals surface area contributed by atoms with Crippen LogP contribution in [-0.2, 0) is 6.54 Å². The van der Waals surface area contributed by atoms with Crippen molar-refractivity contribution in [2.75, 3.05) is 5.32 Å². The highest BCUT2D eigenvalue weighted by Gasteiger charge is 2.12. The molecule has 0 aliphatic rings. The van der Waals surface area contributed by atoms with Crippen LogP contribution < -0.4 is 10.9 Å². The minimum atomic E-state index is -0.291. The van der Waals surface area contributed by atoms with Gasteiger partial charge in [-0.2, -0.15) is 0 Å². The first-order chi connectivity index (χ1) is 14.7. The van der Waals surface area contributed by atoms with Gasteiger partial charge in [0.1, 0.15) is 0 Å². The van der Waals surface area contributed by atoms with Crippen LogP contribution in [0.5, 0.6) is 0 Å². The first-order valence-corrected chi connectivity index (χ1v) is 10.3. The molecule has 0 saturated carbocycles. The molecule has 0 fully saturated rings. The topological polar surface area (TPSA) is 64.0 Å². The Morgan fingerprint density at radius 3 is 2.63 bits per heavy atom. The van der Waals surface area contributed by atoms with E-state index >= 15 is 0 Å². The third kappa shape index (κ3) is 3.49. The number of benzene rings is 3. The summed E-state index contributed by atoms with van der Waals surface area (Å²) in [7, 11) is 0. The monoisotopic (exact) mass is 411 g/mol. The Kier molecular flexibility index (Phi) is 4.61. The maximum Gasteiger partial charge on any atom is 0.258 e. The van der Waals surface area contributed by atoms with E-state index in [-0.39, 0.29) is 11.5 Å². The molecule has 2 heterocycles. The molecule has 6 heteroatoms. The molecular formula is C24H17N3O2S. The Morgan fingerprint density at radius 2 is 1.73 bits per heavy atom. The summed E-state index contributed by atoms with van der Waals surface area (Å²) in [5.74, 6) is -0.291. The number of carbonyl (C=O) groups is 1. The fourth-order valence-electron chi connectivity index (χ4n) is 3.50. The molecule has 146 valence electrons. The van der Waals surface area contributed by atoms with Crippen LogP contribution in [-0.4, -0.2) is 15.5 Å². The highest BCUT2D eigenvalue weighted by molar-refractivity contribution is 7.22. The minimum absolute atomic E-state index is 0.153. The summed E-state index contributed by atoms with van der Waals surface area (Å²) in [6.45, 7) is 0.391. The molecule has 0 saturated heterocycles. The van der Waals surface area contributed by atoms with Gasteiger partial charge in [-0.25, -0.2) is 4.98 Å². The average molecular weight is 411 g/mol. The maximum atomic E-state index is 12.8. The van der Waals surface area contributed by atoms with Crippen molar-refractivity contribution in [3.63, 3.8) is 0 Å². The second kappa shape index (κ2) is 7.57. The summed E-state index contributed by atoms with van der Waals surface area (Å²) < 4.78 is 2.57. The molecule has 1 amide bonds. The predicted octanol–water partition coefficient (Wildman–Crippen LogP) is 4.91. The van der Waals surface area contributed by atoms with Crippen LogP contribution in [0.1, 0.15) is 15.9 Å². The smallest absolute Gasteiger partial charge is 0.258 e. The first-order valence-electron chi connectivity index (χ1n) is 9.51. The third-order valence-electron chi connectivity index (χ3n) is 4.98. The SMILES string of the molecule is O=C(Nc1nc2ccccc2s1)c1ccc(=O)n(Cc2cccc3ccccc23)c1. The van der Waals surface area contributed by atoms with E-state index in [0.717, 1.165) is 26.6 Å². The molecule has 0 atom stereocenters. The second-order valence-electron chi connectivity index (χ2n) is 6.96. The van der Waals surface area contributed by atoms with Crippen molar-refractivity contribution in [1.82, 2.24) is 9.55 Å².